The monoisotopic (exact) mass is 407 g/mol. The summed E-state index contributed by atoms with van der Waals surface area (Å²) >= 11 is 9.57. The molecule has 1 aromatic carbocycles. The summed E-state index contributed by atoms with van der Waals surface area (Å²) in [6.07, 6.45) is 1.69. The van der Waals surface area contributed by atoms with E-state index in [1.165, 1.54) is 4.90 Å². The third kappa shape index (κ3) is 4.36. The Hall–Kier alpha value is -0.740. The number of halogens is 1. The van der Waals surface area contributed by atoms with Gasteiger partial charge in [0.05, 0.1) is 10.7 Å². The predicted octanol–water partition coefficient (Wildman–Crippen LogP) is 2.54. The predicted molar refractivity (Wildman–Crippen MR) is 90.4 cm³/mol. The molecule has 1 aliphatic rings. The molecule has 9 heteroatoms. The first-order valence-electron chi connectivity index (χ1n) is 5.73. The van der Waals surface area contributed by atoms with Crippen LogP contribution in [0.3, 0.4) is 0 Å². The lowest BCUT2D eigenvalue weighted by atomic mass is 10.2. The molecule has 0 bridgehead atoms. The third-order valence-electron chi connectivity index (χ3n) is 2.64. The fourth-order valence-electron chi connectivity index (χ4n) is 1.63. The number of carbonyl (C=O) groups is 1. The van der Waals surface area contributed by atoms with Crippen molar-refractivity contribution < 1.29 is 17.8 Å². The molecule has 0 aromatic heterocycles. The zero-order valence-electron chi connectivity index (χ0n) is 10.5. The van der Waals surface area contributed by atoms with Crippen LogP contribution in [0.25, 0.3) is 6.08 Å². The van der Waals surface area contributed by atoms with Crippen molar-refractivity contribution in [3.63, 3.8) is 0 Å². The Bertz CT molecular complexity index is 730. The summed E-state index contributed by atoms with van der Waals surface area (Å²) in [5.74, 6) is -0.897. The summed E-state index contributed by atoms with van der Waals surface area (Å²) in [7, 11) is -4.13. The van der Waals surface area contributed by atoms with Gasteiger partial charge < -0.3 is 0 Å². The number of hydrogen-bond acceptors (Lipinski definition) is 5. The lowest BCUT2D eigenvalue weighted by Crippen LogP contribution is -2.32. The van der Waals surface area contributed by atoms with E-state index in [4.69, 9.17) is 16.8 Å². The average molecular weight is 408 g/mol. The molecule has 0 saturated carbocycles. The molecule has 1 aromatic rings. The fourth-order valence-corrected chi connectivity index (χ4v) is 3.74. The van der Waals surface area contributed by atoms with E-state index in [-0.39, 0.29) is 16.8 Å². The topological polar surface area (TPSA) is 74.7 Å². The first-order valence-corrected chi connectivity index (χ1v) is 9.36. The smallest absolute Gasteiger partial charge is 0.266 e. The van der Waals surface area contributed by atoms with E-state index in [1.807, 2.05) is 24.3 Å². The highest BCUT2D eigenvalue weighted by atomic mass is 79.9. The second-order valence-electron chi connectivity index (χ2n) is 4.14. The Kier molecular flexibility index (Phi) is 5.20. The largest absolute Gasteiger partial charge is 0.292 e. The molecule has 1 N–H and O–H groups in total. The fraction of sp³-hybridized carbons (Fsp3) is 0.167. The number of thioether (sulfide) groups is 1. The van der Waals surface area contributed by atoms with Crippen molar-refractivity contribution in [2.24, 2.45) is 0 Å². The zero-order valence-corrected chi connectivity index (χ0v) is 14.6. The Balaban J connectivity index is 2.20. The standard InChI is InChI=1S/C12H10BrNO4S3/c13-9-4-2-1-3-8(9)7-10-11(15)14(12(19)20-10)5-6-21(16,17)18/h1-4,7H,5-6H2,(H,16,17,18). The molecule has 1 amide bonds. The van der Waals surface area contributed by atoms with Crippen molar-refractivity contribution in [2.75, 3.05) is 12.3 Å². The Labute approximate surface area is 140 Å². The van der Waals surface area contributed by atoms with Crippen LogP contribution in [0, 0.1) is 0 Å². The van der Waals surface area contributed by atoms with Crippen LogP contribution in [0.5, 0.6) is 0 Å². The minimum absolute atomic E-state index is 0.156. The number of hydrogen-bond donors (Lipinski definition) is 1. The van der Waals surface area contributed by atoms with E-state index in [9.17, 15) is 13.2 Å². The van der Waals surface area contributed by atoms with Crippen LogP contribution in [0.4, 0.5) is 0 Å². The number of amides is 1. The quantitative estimate of drug-likeness (QED) is 0.469. The summed E-state index contributed by atoms with van der Waals surface area (Å²) in [5, 5.41) is 0. The van der Waals surface area contributed by atoms with Crippen molar-refractivity contribution in [1.82, 2.24) is 4.90 Å². The maximum absolute atomic E-state index is 12.2. The van der Waals surface area contributed by atoms with E-state index in [2.05, 4.69) is 15.9 Å². The van der Waals surface area contributed by atoms with Crippen LogP contribution in [0.15, 0.2) is 33.6 Å². The molecule has 5 nitrogen and oxygen atoms in total. The molecule has 0 spiro atoms. The second kappa shape index (κ2) is 6.57. The van der Waals surface area contributed by atoms with Gasteiger partial charge in [0.15, 0.2) is 0 Å². The molecule has 0 aliphatic carbocycles. The Morgan fingerprint density at radius 2 is 2.05 bits per heavy atom. The van der Waals surface area contributed by atoms with Gasteiger partial charge in [-0.1, -0.05) is 58.1 Å². The van der Waals surface area contributed by atoms with Crippen molar-refractivity contribution in [1.29, 1.82) is 0 Å². The van der Waals surface area contributed by atoms with Gasteiger partial charge >= 0.3 is 0 Å². The molecule has 0 unspecified atom stereocenters. The number of thiocarbonyl (C=S) groups is 1. The van der Waals surface area contributed by atoms with E-state index >= 15 is 0 Å². The molecule has 1 saturated heterocycles. The first kappa shape index (κ1) is 16.6. The maximum atomic E-state index is 12.2. The molecule has 1 fully saturated rings. The van der Waals surface area contributed by atoms with Crippen LogP contribution < -0.4 is 0 Å². The van der Waals surface area contributed by atoms with Crippen molar-refractivity contribution in [2.45, 2.75) is 0 Å². The highest BCUT2D eigenvalue weighted by Gasteiger charge is 2.32. The van der Waals surface area contributed by atoms with Gasteiger partial charge in [0.25, 0.3) is 16.0 Å². The lowest BCUT2D eigenvalue weighted by molar-refractivity contribution is -0.121. The molecular formula is C12H10BrNO4S3. The van der Waals surface area contributed by atoms with Gasteiger partial charge in [-0.25, -0.2) is 0 Å². The van der Waals surface area contributed by atoms with E-state index in [0.717, 1.165) is 21.8 Å². The maximum Gasteiger partial charge on any atom is 0.266 e. The van der Waals surface area contributed by atoms with Crippen LogP contribution >= 0.6 is 39.9 Å². The SMILES string of the molecule is O=C1C(=Cc2ccccc2Br)SC(=S)N1CCS(=O)(=O)O. The van der Waals surface area contributed by atoms with Crippen molar-refractivity contribution in [3.05, 3.63) is 39.2 Å². The number of nitrogens with zero attached hydrogens (tertiary/aromatic N) is 1. The van der Waals surface area contributed by atoms with Gasteiger partial charge in [0.1, 0.15) is 4.32 Å². The second-order valence-corrected chi connectivity index (χ2v) is 8.24. The van der Waals surface area contributed by atoms with Crippen molar-refractivity contribution >= 4 is 66.3 Å². The molecule has 21 heavy (non-hydrogen) atoms. The third-order valence-corrected chi connectivity index (χ3v) is 5.44. The highest BCUT2D eigenvalue weighted by Crippen LogP contribution is 2.33. The van der Waals surface area contributed by atoms with Gasteiger partial charge in [-0.05, 0) is 17.7 Å². The number of carbonyl (C=O) groups excluding carboxylic acids is 1. The van der Waals surface area contributed by atoms with E-state index in [1.54, 1.807) is 6.08 Å². The van der Waals surface area contributed by atoms with Crippen molar-refractivity contribution in [3.8, 4) is 0 Å². The van der Waals surface area contributed by atoms with E-state index in [0.29, 0.717) is 4.91 Å². The Morgan fingerprint density at radius 1 is 1.38 bits per heavy atom. The molecular weight excluding hydrogens is 398 g/mol. The molecule has 112 valence electrons. The first-order chi connectivity index (χ1) is 9.78. The summed E-state index contributed by atoms with van der Waals surface area (Å²) in [5.41, 5.74) is 0.827. The lowest BCUT2D eigenvalue weighted by Gasteiger charge is -2.12. The summed E-state index contributed by atoms with van der Waals surface area (Å²) in [4.78, 5) is 13.8. The van der Waals surface area contributed by atoms with Gasteiger partial charge in [-0.2, -0.15) is 8.42 Å². The van der Waals surface area contributed by atoms with Gasteiger partial charge in [-0.3, -0.25) is 14.2 Å². The highest BCUT2D eigenvalue weighted by molar-refractivity contribution is 9.10. The molecule has 0 radical (unpaired) electrons. The number of benzene rings is 1. The molecule has 1 heterocycles. The van der Waals surface area contributed by atoms with Crippen LogP contribution in [-0.2, 0) is 14.9 Å². The minimum atomic E-state index is -4.13. The summed E-state index contributed by atoms with van der Waals surface area (Å²) in [6, 6.07) is 7.40. The summed E-state index contributed by atoms with van der Waals surface area (Å²) in [6.45, 7) is -0.156. The average Bonchev–Trinajstić information content (AvgIpc) is 2.64. The van der Waals surface area contributed by atoms with Crippen LogP contribution in [0.2, 0.25) is 0 Å². The Morgan fingerprint density at radius 3 is 2.67 bits per heavy atom. The van der Waals surface area contributed by atoms with Gasteiger partial charge in [0, 0.05) is 11.0 Å². The molecule has 0 atom stereocenters. The molecule has 1 aliphatic heterocycles. The summed E-state index contributed by atoms with van der Waals surface area (Å²) < 4.78 is 31.4. The van der Waals surface area contributed by atoms with Crippen LogP contribution in [-0.4, -0.2) is 40.4 Å². The van der Waals surface area contributed by atoms with Gasteiger partial charge in [0.2, 0.25) is 0 Å². The van der Waals surface area contributed by atoms with E-state index < -0.39 is 15.9 Å². The zero-order chi connectivity index (χ0) is 15.6. The van der Waals surface area contributed by atoms with Gasteiger partial charge in [-0.15, -0.1) is 0 Å². The minimum Gasteiger partial charge on any atom is -0.292 e. The van der Waals surface area contributed by atoms with Crippen LogP contribution in [0.1, 0.15) is 5.56 Å². The number of rotatable bonds is 4. The molecule has 2 rings (SSSR count). The normalized spacial score (nSPS) is 17.8.